The van der Waals surface area contributed by atoms with Gasteiger partial charge in [0.2, 0.25) is 21.1 Å². The highest BCUT2D eigenvalue weighted by atomic mass is 32.2. The van der Waals surface area contributed by atoms with Gasteiger partial charge in [-0.2, -0.15) is 0 Å². The Bertz CT molecular complexity index is 1190. The minimum atomic E-state index is -3.53. The first-order chi connectivity index (χ1) is 15.3. The van der Waals surface area contributed by atoms with Crippen LogP contribution in [0.3, 0.4) is 0 Å². The van der Waals surface area contributed by atoms with Crippen LogP contribution in [0.4, 0.5) is 9.52 Å². The van der Waals surface area contributed by atoms with E-state index in [1.54, 1.807) is 0 Å². The Morgan fingerprint density at radius 1 is 1.09 bits per heavy atom. The van der Waals surface area contributed by atoms with E-state index in [-0.39, 0.29) is 30.7 Å². The van der Waals surface area contributed by atoms with Crippen LogP contribution in [-0.4, -0.2) is 41.9 Å². The van der Waals surface area contributed by atoms with Gasteiger partial charge in [-0.3, -0.25) is 4.79 Å². The van der Waals surface area contributed by atoms with Crippen molar-refractivity contribution in [2.75, 3.05) is 18.4 Å². The third-order valence-electron chi connectivity index (χ3n) is 5.43. The second-order valence-corrected chi connectivity index (χ2v) is 10.8. The van der Waals surface area contributed by atoms with Crippen molar-refractivity contribution in [3.63, 3.8) is 0 Å². The van der Waals surface area contributed by atoms with Gasteiger partial charge in [0.05, 0.1) is 5.75 Å². The summed E-state index contributed by atoms with van der Waals surface area (Å²) in [6.45, 7) is 2.55. The standard InChI is InChI=1S/C22H23FN4O3S2/c1-15-2-6-18(7-3-15)21-25-26-22(31-21)24-20(28)17-10-12-27(13-11-17)32(29,30)14-16-4-8-19(23)9-5-16/h2-9,17H,10-14H2,1H3,(H,24,26,28). The fourth-order valence-corrected chi connectivity index (χ4v) is 5.89. The summed E-state index contributed by atoms with van der Waals surface area (Å²) in [5.74, 6) is -1.05. The second-order valence-electron chi connectivity index (χ2n) is 7.82. The van der Waals surface area contributed by atoms with Crippen LogP contribution in [0.5, 0.6) is 0 Å². The summed E-state index contributed by atoms with van der Waals surface area (Å²) in [6.07, 6.45) is 0.857. The Hall–Kier alpha value is -2.69. The van der Waals surface area contributed by atoms with Crippen LogP contribution in [0, 0.1) is 18.7 Å². The molecule has 0 spiro atoms. The molecular weight excluding hydrogens is 451 g/mol. The van der Waals surface area contributed by atoms with Crippen LogP contribution in [0.2, 0.25) is 0 Å². The zero-order valence-electron chi connectivity index (χ0n) is 17.5. The molecule has 1 aliphatic rings. The van der Waals surface area contributed by atoms with Crippen molar-refractivity contribution in [2.45, 2.75) is 25.5 Å². The fraction of sp³-hybridized carbons (Fsp3) is 0.318. The summed E-state index contributed by atoms with van der Waals surface area (Å²) in [5, 5.41) is 12.2. The average molecular weight is 475 g/mol. The molecule has 0 atom stereocenters. The van der Waals surface area contributed by atoms with Gasteiger partial charge < -0.3 is 5.32 Å². The lowest BCUT2D eigenvalue weighted by Gasteiger charge is -2.30. The first-order valence-electron chi connectivity index (χ1n) is 10.2. The van der Waals surface area contributed by atoms with Gasteiger partial charge in [-0.25, -0.2) is 17.1 Å². The van der Waals surface area contributed by atoms with Crippen molar-refractivity contribution in [1.82, 2.24) is 14.5 Å². The number of anilines is 1. The Balaban J connectivity index is 1.31. The molecule has 0 bridgehead atoms. The van der Waals surface area contributed by atoms with Gasteiger partial charge >= 0.3 is 0 Å². The second kappa shape index (κ2) is 9.43. The van der Waals surface area contributed by atoms with Gasteiger partial charge in [-0.15, -0.1) is 10.2 Å². The van der Waals surface area contributed by atoms with Crippen molar-refractivity contribution in [2.24, 2.45) is 5.92 Å². The van der Waals surface area contributed by atoms with Crippen LogP contribution in [-0.2, 0) is 20.6 Å². The summed E-state index contributed by atoms with van der Waals surface area (Å²) in [6, 6.07) is 13.4. The smallest absolute Gasteiger partial charge is 0.229 e. The largest absolute Gasteiger partial charge is 0.300 e. The van der Waals surface area contributed by atoms with E-state index in [4.69, 9.17) is 0 Å². The van der Waals surface area contributed by atoms with Crippen LogP contribution in [0.1, 0.15) is 24.0 Å². The number of rotatable bonds is 6. The molecule has 4 rings (SSSR count). The highest BCUT2D eigenvalue weighted by molar-refractivity contribution is 7.88. The molecule has 10 heteroatoms. The number of aryl methyl sites for hydroxylation is 1. The zero-order chi connectivity index (χ0) is 22.7. The third-order valence-corrected chi connectivity index (χ3v) is 8.17. The van der Waals surface area contributed by atoms with Crippen molar-refractivity contribution >= 4 is 32.4 Å². The minimum Gasteiger partial charge on any atom is -0.300 e. The number of carbonyl (C=O) groups excluding carboxylic acids is 1. The van der Waals surface area contributed by atoms with Gasteiger partial charge in [0.15, 0.2) is 0 Å². The first kappa shape index (κ1) is 22.5. The normalized spacial score (nSPS) is 15.6. The summed E-state index contributed by atoms with van der Waals surface area (Å²) < 4.78 is 39.8. The summed E-state index contributed by atoms with van der Waals surface area (Å²) in [7, 11) is -3.53. The number of sulfonamides is 1. The quantitative estimate of drug-likeness (QED) is 0.586. The lowest BCUT2D eigenvalue weighted by atomic mass is 9.97. The van der Waals surface area contributed by atoms with E-state index in [9.17, 15) is 17.6 Å². The molecule has 7 nitrogen and oxygen atoms in total. The van der Waals surface area contributed by atoms with E-state index in [0.717, 1.165) is 16.1 Å². The van der Waals surface area contributed by atoms with E-state index >= 15 is 0 Å². The van der Waals surface area contributed by atoms with Crippen LogP contribution in [0.25, 0.3) is 10.6 Å². The molecule has 1 amide bonds. The van der Waals surface area contributed by atoms with Crippen LogP contribution in [0.15, 0.2) is 48.5 Å². The fourth-order valence-electron chi connectivity index (χ4n) is 3.57. The predicted octanol–water partition coefficient (Wildman–Crippen LogP) is 3.83. The number of nitrogens with zero attached hydrogens (tertiary/aromatic N) is 3. The molecule has 168 valence electrons. The maximum absolute atomic E-state index is 13.0. The molecular formula is C22H23FN4O3S2. The lowest BCUT2D eigenvalue weighted by molar-refractivity contribution is -0.120. The maximum atomic E-state index is 13.0. The Kier molecular flexibility index (Phi) is 6.63. The highest BCUT2D eigenvalue weighted by Gasteiger charge is 2.31. The maximum Gasteiger partial charge on any atom is 0.229 e. The molecule has 1 fully saturated rings. The molecule has 1 aliphatic heterocycles. The molecule has 2 aromatic carbocycles. The number of hydrogen-bond acceptors (Lipinski definition) is 6. The van der Waals surface area contributed by atoms with Gasteiger partial charge in [0, 0.05) is 24.6 Å². The average Bonchev–Trinajstić information content (AvgIpc) is 3.24. The Labute approximate surface area is 190 Å². The molecule has 1 aromatic heterocycles. The highest BCUT2D eigenvalue weighted by Crippen LogP contribution is 2.28. The number of nitrogens with one attached hydrogen (secondary N) is 1. The molecule has 32 heavy (non-hydrogen) atoms. The van der Waals surface area contributed by atoms with Gasteiger partial charge in [-0.05, 0) is 37.5 Å². The number of benzene rings is 2. The molecule has 0 aliphatic carbocycles. The number of carbonyl (C=O) groups is 1. The molecule has 0 saturated carbocycles. The molecule has 0 radical (unpaired) electrons. The number of halogens is 1. The van der Waals surface area contributed by atoms with Crippen molar-refractivity contribution in [3.05, 3.63) is 65.5 Å². The summed E-state index contributed by atoms with van der Waals surface area (Å²) >= 11 is 1.30. The van der Waals surface area contributed by atoms with Crippen LogP contribution >= 0.6 is 11.3 Å². The van der Waals surface area contributed by atoms with Crippen molar-refractivity contribution < 1.29 is 17.6 Å². The first-order valence-corrected chi connectivity index (χ1v) is 12.7. The summed E-state index contributed by atoms with van der Waals surface area (Å²) in [5.41, 5.74) is 2.62. The van der Waals surface area contributed by atoms with Crippen LogP contribution < -0.4 is 5.32 Å². The van der Waals surface area contributed by atoms with Gasteiger partial charge in [0.25, 0.3) is 0 Å². The number of aromatic nitrogens is 2. The lowest BCUT2D eigenvalue weighted by Crippen LogP contribution is -2.41. The number of amides is 1. The topological polar surface area (TPSA) is 92.3 Å². The predicted molar refractivity (Wildman–Crippen MR) is 122 cm³/mol. The minimum absolute atomic E-state index is 0.174. The van der Waals surface area contributed by atoms with Gasteiger partial charge in [0.1, 0.15) is 10.8 Å². The SMILES string of the molecule is Cc1ccc(-c2nnc(NC(=O)C3CCN(S(=O)(=O)Cc4ccc(F)cc4)CC3)s2)cc1. The molecule has 2 heterocycles. The molecule has 1 saturated heterocycles. The van der Waals surface area contributed by atoms with E-state index in [2.05, 4.69) is 15.5 Å². The van der Waals surface area contributed by atoms with Gasteiger partial charge in [-0.1, -0.05) is 53.3 Å². The molecule has 1 N–H and O–H groups in total. The van der Waals surface area contributed by atoms with Crippen molar-refractivity contribution in [3.8, 4) is 10.6 Å². The third kappa shape index (κ3) is 5.37. The number of hydrogen-bond donors (Lipinski definition) is 1. The van der Waals surface area contributed by atoms with E-state index in [1.807, 2.05) is 31.2 Å². The van der Waals surface area contributed by atoms with E-state index in [1.165, 1.54) is 39.9 Å². The monoisotopic (exact) mass is 474 g/mol. The molecule has 0 unspecified atom stereocenters. The number of piperidine rings is 1. The summed E-state index contributed by atoms with van der Waals surface area (Å²) in [4.78, 5) is 12.7. The van der Waals surface area contributed by atoms with E-state index < -0.39 is 15.8 Å². The Morgan fingerprint density at radius 2 is 1.75 bits per heavy atom. The Morgan fingerprint density at radius 3 is 2.41 bits per heavy atom. The molecule has 3 aromatic rings. The van der Waals surface area contributed by atoms with E-state index in [0.29, 0.717) is 23.5 Å². The zero-order valence-corrected chi connectivity index (χ0v) is 19.1. The van der Waals surface area contributed by atoms with Crippen molar-refractivity contribution in [1.29, 1.82) is 0 Å².